The topological polar surface area (TPSA) is 95.9 Å². The lowest BCUT2D eigenvalue weighted by Crippen LogP contribution is -2.32. The maximum absolute atomic E-state index is 13.0. The lowest BCUT2D eigenvalue weighted by atomic mass is 9.95. The molecule has 0 saturated carbocycles. The lowest BCUT2D eigenvalue weighted by molar-refractivity contribution is -0.139. The molecule has 1 aromatic heterocycles. The second-order valence-electron chi connectivity index (χ2n) is 7.84. The normalized spacial score (nSPS) is 18.1. The molecule has 1 aliphatic heterocycles. The molecule has 1 saturated heterocycles. The Morgan fingerprint density at radius 1 is 1.19 bits per heavy atom. The van der Waals surface area contributed by atoms with Crippen molar-refractivity contribution in [1.82, 2.24) is 19.8 Å². The van der Waals surface area contributed by atoms with Crippen LogP contribution < -0.4 is 4.74 Å². The van der Waals surface area contributed by atoms with Crippen LogP contribution in [-0.2, 0) is 9.59 Å². The first-order chi connectivity index (χ1) is 14.7. The zero-order chi connectivity index (χ0) is 22.7. The minimum Gasteiger partial charge on any atom is -0.507 e. The molecule has 0 bridgehead atoms. The highest BCUT2D eigenvalue weighted by Crippen LogP contribution is 2.40. The molecule has 2 heterocycles. The van der Waals surface area contributed by atoms with Crippen molar-refractivity contribution in [2.75, 3.05) is 34.3 Å². The molecule has 0 spiro atoms. The van der Waals surface area contributed by atoms with Gasteiger partial charge in [-0.15, -0.1) is 0 Å². The molecule has 164 valence electrons. The fourth-order valence-corrected chi connectivity index (χ4v) is 3.76. The Labute approximate surface area is 182 Å². The third kappa shape index (κ3) is 4.59. The average molecular weight is 425 g/mol. The van der Waals surface area contributed by atoms with Crippen molar-refractivity contribution in [3.8, 4) is 5.75 Å². The smallest absolute Gasteiger partial charge is 0.295 e. The molecule has 1 aliphatic rings. The lowest BCUT2D eigenvalue weighted by Gasteiger charge is -2.26. The van der Waals surface area contributed by atoms with Gasteiger partial charge in [-0.25, -0.2) is 9.97 Å². The van der Waals surface area contributed by atoms with Gasteiger partial charge in [0.25, 0.3) is 11.7 Å². The van der Waals surface area contributed by atoms with Crippen LogP contribution in [0, 0.1) is 13.8 Å². The maximum atomic E-state index is 13.0. The molecule has 1 atom stereocenters. The number of aliphatic hydroxyl groups is 1. The molecule has 0 aliphatic carbocycles. The highest BCUT2D eigenvalue weighted by atomic mass is 16.5. The molecule has 8 heteroatoms. The van der Waals surface area contributed by atoms with E-state index in [9.17, 15) is 14.7 Å². The van der Waals surface area contributed by atoms with Crippen molar-refractivity contribution >= 4 is 17.4 Å². The van der Waals surface area contributed by atoms with Gasteiger partial charge in [0.1, 0.15) is 17.3 Å². The summed E-state index contributed by atoms with van der Waals surface area (Å²) in [4.78, 5) is 37.9. The molecular weight excluding hydrogens is 396 g/mol. The van der Waals surface area contributed by atoms with Gasteiger partial charge in [-0.1, -0.05) is 12.1 Å². The van der Waals surface area contributed by atoms with E-state index in [-0.39, 0.29) is 11.3 Å². The highest BCUT2D eigenvalue weighted by molar-refractivity contribution is 6.46. The first-order valence-corrected chi connectivity index (χ1v) is 10.1. The predicted molar refractivity (Wildman–Crippen MR) is 117 cm³/mol. The number of ketones is 1. The Morgan fingerprint density at radius 3 is 2.45 bits per heavy atom. The maximum Gasteiger partial charge on any atom is 0.295 e. The molecule has 3 rings (SSSR count). The largest absolute Gasteiger partial charge is 0.507 e. The molecule has 1 aromatic carbocycles. The minimum absolute atomic E-state index is 0.0515. The van der Waals surface area contributed by atoms with Crippen molar-refractivity contribution in [3.63, 3.8) is 0 Å². The van der Waals surface area contributed by atoms with E-state index in [0.29, 0.717) is 35.8 Å². The van der Waals surface area contributed by atoms with E-state index in [1.807, 2.05) is 19.0 Å². The van der Waals surface area contributed by atoms with Crippen LogP contribution in [0.4, 0.5) is 0 Å². The number of likely N-dealkylation sites (tertiary alicyclic amines) is 1. The van der Waals surface area contributed by atoms with Crippen molar-refractivity contribution in [2.45, 2.75) is 26.3 Å². The van der Waals surface area contributed by atoms with Crippen molar-refractivity contribution < 1.29 is 19.4 Å². The van der Waals surface area contributed by atoms with E-state index >= 15 is 0 Å². The number of hydrogen-bond acceptors (Lipinski definition) is 7. The number of carbonyl (C=O) groups excluding carboxylic acids is 2. The van der Waals surface area contributed by atoms with Crippen molar-refractivity contribution in [2.24, 2.45) is 0 Å². The van der Waals surface area contributed by atoms with Gasteiger partial charge < -0.3 is 19.6 Å². The van der Waals surface area contributed by atoms with E-state index in [4.69, 9.17) is 4.74 Å². The monoisotopic (exact) mass is 424 g/mol. The van der Waals surface area contributed by atoms with Crippen LogP contribution in [0.5, 0.6) is 5.75 Å². The molecule has 1 N–H and O–H groups in total. The fourth-order valence-electron chi connectivity index (χ4n) is 3.76. The van der Waals surface area contributed by atoms with Crippen LogP contribution in [-0.4, -0.2) is 70.9 Å². The SMILES string of the molecule is COc1ccc(C2C(=C(O)c3cnc(C)nc3C)C(=O)C(=O)N2CCCN(C)C)cc1. The van der Waals surface area contributed by atoms with E-state index in [0.717, 1.165) is 12.1 Å². The summed E-state index contributed by atoms with van der Waals surface area (Å²) in [6.07, 6.45) is 2.18. The number of benzene rings is 1. The molecule has 8 nitrogen and oxygen atoms in total. The number of aryl methyl sites for hydroxylation is 2. The van der Waals surface area contributed by atoms with Crippen LogP contribution in [0.3, 0.4) is 0 Å². The van der Waals surface area contributed by atoms with E-state index in [2.05, 4.69) is 9.97 Å². The summed E-state index contributed by atoms with van der Waals surface area (Å²) in [5.74, 6) is -0.359. The number of carbonyl (C=O) groups is 2. The zero-order valence-electron chi connectivity index (χ0n) is 18.5. The van der Waals surface area contributed by atoms with Crippen LogP contribution in [0.1, 0.15) is 35.1 Å². The van der Waals surface area contributed by atoms with Gasteiger partial charge in [0.05, 0.1) is 30.0 Å². The van der Waals surface area contributed by atoms with Gasteiger partial charge >= 0.3 is 0 Å². The average Bonchev–Trinajstić information content (AvgIpc) is 2.98. The summed E-state index contributed by atoms with van der Waals surface area (Å²) in [5.41, 5.74) is 1.65. The standard InChI is InChI=1S/C23H28N4O4/c1-14-18(13-24-15(2)25-14)21(28)19-20(16-7-9-17(31-5)10-8-16)27(23(30)22(19)29)12-6-11-26(3)4/h7-10,13,20,28H,6,11-12H2,1-5H3. The van der Waals surface area contributed by atoms with Crippen LogP contribution in [0.2, 0.25) is 0 Å². The van der Waals surface area contributed by atoms with E-state index < -0.39 is 17.7 Å². The Morgan fingerprint density at radius 2 is 1.87 bits per heavy atom. The number of Topliss-reactive ketones (excluding diaryl/α,β-unsaturated/α-hetero) is 1. The Kier molecular flexibility index (Phi) is 6.70. The summed E-state index contributed by atoms with van der Waals surface area (Å²) >= 11 is 0. The van der Waals surface area contributed by atoms with Gasteiger partial charge in [0.2, 0.25) is 0 Å². The first kappa shape index (κ1) is 22.4. The van der Waals surface area contributed by atoms with Crippen LogP contribution in [0.25, 0.3) is 5.76 Å². The van der Waals surface area contributed by atoms with Crippen LogP contribution >= 0.6 is 0 Å². The molecule has 1 amide bonds. The Hall–Kier alpha value is -3.26. The number of rotatable bonds is 7. The number of ether oxygens (including phenoxy) is 1. The van der Waals surface area contributed by atoms with Gasteiger partial charge in [-0.3, -0.25) is 9.59 Å². The molecule has 2 aromatic rings. The number of amides is 1. The highest BCUT2D eigenvalue weighted by Gasteiger charge is 2.46. The second-order valence-corrected chi connectivity index (χ2v) is 7.84. The summed E-state index contributed by atoms with van der Waals surface area (Å²) in [7, 11) is 5.48. The van der Waals surface area contributed by atoms with Gasteiger partial charge in [-0.2, -0.15) is 0 Å². The quantitative estimate of drug-likeness (QED) is 0.414. The first-order valence-electron chi connectivity index (χ1n) is 10.1. The number of aliphatic hydroxyl groups excluding tert-OH is 1. The second kappa shape index (κ2) is 9.26. The third-order valence-corrected chi connectivity index (χ3v) is 5.33. The summed E-state index contributed by atoms with van der Waals surface area (Å²) in [5, 5.41) is 11.1. The minimum atomic E-state index is -0.705. The molecule has 1 fully saturated rings. The van der Waals surface area contributed by atoms with Gasteiger partial charge in [-0.05, 0) is 58.6 Å². The van der Waals surface area contributed by atoms with Crippen LogP contribution in [0.15, 0.2) is 36.0 Å². The molecule has 1 unspecified atom stereocenters. The number of nitrogens with zero attached hydrogens (tertiary/aromatic N) is 4. The van der Waals surface area contributed by atoms with E-state index in [1.54, 1.807) is 45.2 Å². The fraction of sp³-hybridized carbons (Fsp3) is 0.391. The van der Waals surface area contributed by atoms with Gasteiger partial charge in [0, 0.05) is 12.7 Å². The number of methoxy groups -OCH3 is 1. The molecule has 31 heavy (non-hydrogen) atoms. The van der Waals surface area contributed by atoms with Crippen molar-refractivity contribution in [3.05, 3.63) is 58.7 Å². The van der Waals surface area contributed by atoms with Gasteiger partial charge in [0.15, 0.2) is 0 Å². The van der Waals surface area contributed by atoms with Crippen molar-refractivity contribution in [1.29, 1.82) is 0 Å². The summed E-state index contributed by atoms with van der Waals surface area (Å²) in [6, 6.07) is 6.46. The Balaban J connectivity index is 2.11. The predicted octanol–water partition coefficient (Wildman–Crippen LogP) is 2.48. The number of aromatic nitrogens is 2. The molecule has 0 radical (unpaired) electrons. The zero-order valence-corrected chi connectivity index (χ0v) is 18.5. The number of hydrogen-bond donors (Lipinski definition) is 1. The third-order valence-electron chi connectivity index (χ3n) is 5.33. The summed E-state index contributed by atoms with van der Waals surface area (Å²) in [6.45, 7) is 4.64. The molecular formula is C23H28N4O4. The van der Waals surface area contributed by atoms with E-state index in [1.165, 1.54) is 11.1 Å². The summed E-state index contributed by atoms with van der Waals surface area (Å²) < 4.78 is 5.23. The Bertz CT molecular complexity index is 1010.